The molecule has 19 heavy (non-hydrogen) atoms. The van der Waals surface area contributed by atoms with Crippen LogP contribution in [0.15, 0.2) is 0 Å². The second kappa shape index (κ2) is 7.73. The zero-order valence-electron chi connectivity index (χ0n) is 11.1. The number of methoxy groups -OCH3 is 1. The first-order valence-electron chi connectivity index (χ1n) is 6.34. The summed E-state index contributed by atoms with van der Waals surface area (Å²) in [7, 11) is 1.27. The largest absolute Gasteiger partial charge is 0.479 e. The van der Waals surface area contributed by atoms with Crippen LogP contribution in [0.1, 0.15) is 25.7 Å². The van der Waals surface area contributed by atoms with Gasteiger partial charge in [0.05, 0.1) is 13.1 Å². The highest BCUT2D eigenvalue weighted by Gasteiger charge is 2.21. The van der Waals surface area contributed by atoms with Crippen LogP contribution in [-0.4, -0.2) is 60.6 Å². The number of carboxylic acids is 1. The Labute approximate surface area is 111 Å². The maximum atomic E-state index is 11.7. The van der Waals surface area contributed by atoms with E-state index in [4.69, 9.17) is 9.84 Å². The maximum Gasteiger partial charge on any atom is 0.334 e. The molecule has 0 spiro atoms. The summed E-state index contributed by atoms with van der Waals surface area (Å²) < 4.78 is 4.70. The number of carbonyl (C=O) groups excluding carboxylic acids is 2. The Morgan fingerprint density at radius 3 is 2.79 bits per heavy atom. The molecule has 0 saturated carbocycles. The fraction of sp³-hybridized carbons (Fsp3) is 0.750. The second-order valence-electron chi connectivity index (χ2n) is 4.49. The molecule has 1 saturated heterocycles. The van der Waals surface area contributed by atoms with Crippen LogP contribution in [0.2, 0.25) is 0 Å². The lowest BCUT2D eigenvalue weighted by Crippen LogP contribution is -2.44. The molecule has 7 heteroatoms. The molecule has 1 unspecified atom stereocenters. The van der Waals surface area contributed by atoms with Gasteiger partial charge in [0.25, 0.3) is 0 Å². The summed E-state index contributed by atoms with van der Waals surface area (Å²) in [5.41, 5.74) is 0. The predicted molar refractivity (Wildman–Crippen MR) is 66.5 cm³/mol. The first-order valence-corrected chi connectivity index (χ1v) is 6.34. The van der Waals surface area contributed by atoms with E-state index in [1.54, 1.807) is 0 Å². The average Bonchev–Trinajstić information content (AvgIpc) is 2.55. The lowest BCUT2D eigenvalue weighted by atomic mass is 10.2. The Morgan fingerprint density at radius 1 is 1.42 bits per heavy atom. The van der Waals surface area contributed by atoms with E-state index in [1.165, 1.54) is 12.0 Å². The summed E-state index contributed by atoms with van der Waals surface area (Å²) in [5.74, 6) is -1.51. The molecule has 1 aliphatic rings. The molecule has 2 amide bonds. The van der Waals surface area contributed by atoms with Crippen LogP contribution in [0.25, 0.3) is 0 Å². The van der Waals surface area contributed by atoms with Crippen LogP contribution in [0.3, 0.4) is 0 Å². The first kappa shape index (κ1) is 15.4. The highest BCUT2D eigenvalue weighted by Crippen LogP contribution is 2.10. The van der Waals surface area contributed by atoms with Crippen molar-refractivity contribution in [2.24, 2.45) is 0 Å². The van der Waals surface area contributed by atoms with Gasteiger partial charge in [-0.1, -0.05) is 6.42 Å². The zero-order valence-corrected chi connectivity index (χ0v) is 11.1. The van der Waals surface area contributed by atoms with Crippen molar-refractivity contribution in [3.05, 3.63) is 0 Å². The third kappa shape index (κ3) is 5.25. The summed E-state index contributed by atoms with van der Waals surface area (Å²) in [6.07, 6.45) is 2.16. The monoisotopic (exact) mass is 272 g/mol. The van der Waals surface area contributed by atoms with Crippen molar-refractivity contribution in [2.75, 3.05) is 26.7 Å². The Kier molecular flexibility index (Phi) is 6.27. The van der Waals surface area contributed by atoms with Crippen LogP contribution in [0, 0.1) is 0 Å². The van der Waals surface area contributed by atoms with Crippen molar-refractivity contribution in [1.82, 2.24) is 10.2 Å². The van der Waals surface area contributed by atoms with Gasteiger partial charge in [-0.05, 0) is 12.8 Å². The standard InChI is InChI=1S/C12H20N2O5/c1-19-9(12(17)18)7-13-10(15)8-14-6-4-2-3-5-11(14)16/h9H,2-8H2,1H3,(H,13,15)(H,17,18). The zero-order chi connectivity index (χ0) is 14.3. The minimum absolute atomic E-state index is 0.0190. The molecule has 0 aromatic heterocycles. The van der Waals surface area contributed by atoms with Crippen LogP contribution in [-0.2, 0) is 19.1 Å². The summed E-state index contributed by atoms with van der Waals surface area (Å²) in [6.45, 7) is 0.459. The van der Waals surface area contributed by atoms with Gasteiger partial charge in [-0.2, -0.15) is 0 Å². The van der Waals surface area contributed by atoms with Gasteiger partial charge in [0, 0.05) is 20.1 Å². The smallest absolute Gasteiger partial charge is 0.334 e. The molecule has 1 heterocycles. The number of nitrogens with zero attached hydrogens (tertiary/aromatic N) is 1. The van der Waals surface area contributed by atoms with Crippen molar-refractivity contribution in [3.8, 4) is 0 Å². The summed E-state index contributed by atoms with van der Waals surface area (Å²) in [6, 6.07) is 0. The van der Waals surface area contributed by atoms with Gasteiger partial charge in [0.15, 0.2) is 6.10 Å². The van der Waals surface area contributed by atoms with Gasteiger partial charge in [0.2, 0.25) is 11.8 Å². The van der Waals surface area contributed by atoms with Crippen molar-refractivity contribution >= 4 is 17.8 Å². The SMILES string of the molecule is COC(CNC(=O)CN1CCCCCC1=O)C(=O)O. The number of carboxylic acid groups (broad SMARTS) is 1. The number of rotatable bonds is 6. The van der Waals surface area contributed by atoms with Crippen LogP contribution >= 0.6 is 0 Å². The Bertz CT molecular complexity index is 345. The number of amides is 2. The molecule has 0 aromatic carbocycles. The first-order chi connectivity index (χ1) is 9.04. The normalized spacial score (nSPS) is 17.7. The molecule has 1 fully saturated rings. The minimum Gasteiger partial charge on any atom is -0.479 e. The minimum atomic E-state index is -1.13. The topological polar surface area (TPSA) is 95.9 Å². The summed E-state index contributed by atoms with van der Waals surface area (Å²) in [5, 5.41) is 11.2. The molecule has 0 aliphatic carbocycles. The van der Waals surface area contributed by atoms with E-state index in [0.717, 1.165) is 19.3 Å². The van der Waals surface area contributed by atoms with E-state index in [1.807, 2.05) is 0 Å². The van der Waals surface area contributed by atoms with Crippen molar-refractivity contribution in [2.45, 2.75) is 31.8 Å². The number of aliphatic carboxylic acids is 1. The number of nitrogens with one attached hydrogen (secondary N) is 1. The molecule has 1 rings (SSSR count). The maximum absolute atomic E-state index is 11.7. The molecular formula is C12H20N2O5. The molecule has 108 valence electrons. The molecule has 2 N–H and O–H groups in total. The quantitative estimate of drug-likeness (QED) is 0.686. The second-order valence-corrected chi connectivity index (χ2v) is 4.49. The highest BCUT2D eigenvalue weighted by atomic mass is 16.5. The van der Waals surface area contributed by atoms with Crippen molar-refractivity contribution < 1.29 is 24.2 Å². The van der Waals surface area contributed by atoms with Gasteiger partial charge < -0.3 is 20.1 Å². The Morgan fingerprint density at radius 2 is 2.16 bits per heavy atom. The number of hydrogen-bond acceptors (Lipinski definition) is 4. The van der Waals surface area contributed by atoms with Crippen molar-refractivity contribution in [3.63, 3.8) is 0 Å². The van der Waals surface area contributed by atoms with Crippen LogP contribution < -0.4 is 5.32 Å². The van der Waals surface area contributed by atoms with E-state index in [2.05, 4.69) is 5.32 Å². The molecule has 0 radical (unpaired) electrons. The number of likely N-dealkylation sites (tertiary alicyclic amines) is 1. The van der Waals surface area contributed by atoms with Gasteiger partial charge in [0.1, 0.15) is 0 Å². The Balaban J connectivity index is 2.37. The lowest BCUT2D eigenvalue weighted by molar-refractivity contribution is -0.148. The lowest BCUT2D eigenvalue weighted by Gasteiger charge is -2.20. The fourth-order valence-electron chi connectivity index (χ4n) is 1.91. The van der Waals surface area contributed by atoms with E-state index in [-0.39, 0.29) is 24.9 Å². The summed E-state index contributed by atoms with van der Waals surface area (Å²) >= 11 is 0. The third-order valence-electron chi connectivity index (χ3n) is 3.05. The fourth-order valence-corrected chi connectivity index (χ4v) is 1.91. The molecule has 0 bridgehead atoms. The van der Waals surface area contributed by atoms with Gasteiger partial charge in [-0.25, -0.2) is 4.79 Å². The predicted octanol–water partition coefficient (Wildman–Crippen LogP) is -0.395. The number of carbonyl (C=O) groups is 3. The number of hydrogen-bond donors (Lipinski definition) is 2. The highest BCUT2D eigenvalue weighted by molar-refractivity contribution is 5.85. The number of ether oxygens (including phenoxy) is 1. The van der Waals surface area contributed by atoms with Crippen LogP contribution in [0.5, 0.6) is 0 Å². The Hall–Kier alpha value is -1.63. The summed E-state index contributed by atoms with van der Waals surface area (Å²) in [4.78, 5) is 35.5. The van der Waals surface area contributed by atoms with Gasteiger partial charge >= 0.3 is 5.97 Å². The molecule has 7 nitrogen and oxygen atoms in total. The van der Waals surface area contributed by atoms with Gasteiger partial charge in [-0.3, -0.25) is 9.59 Å². The molecule has 1 aliphatic heterocycles. The van der Waals surface area contributed by atoms with Crippen molar-refractivity contribution in [1.29, 1.82) is 0 Å². The average molecular weight is 272 g/mol. The van der Waals surface area contributed by atoms with Gasteiger partial charge in [-0.15, -0.1) is 0 Å². The van der Waals surface area contributed by atoms with E-state index in [0.29, 0.717) is 13.0 Å². The molecule has 1 atom stereocenters. The molecular weight excluding hydrogens is 252 g/mol. The van der Waals surface area contributed by atoms with E-state index < -0.39 is 12.1 Å². The third-order valence-corrected chi connectivity index (χ3v) is 3.05. The van der Waals surface area contributed by atoms with E-state index >= 15 is 0 Å². The van der Waals surface area contributed by atoms with E-state index in [9.17, 15) is 14.4 Å². The molecule has 0 aromatic rings. The van der Waals surface area contributed by atoms with Crippen LogP contribution in [0.4, 0.5) is 0 Å².